The van der Waals surface area contributed by atoms with Gasteiger partial charge in [0.2, 0.25) is 0 Å². The Labute approximate surface area is 137 Å². The number of halogens is 1. The van der Waals surface area contributed by atoms with Gasteiger partial charge in [0.1, 0.15) is 0 Å². The summed E-state index contributed by atoms with van der Waals surface area (Å²) in [7, 11) is 1.95. The molecule has 1 rings (SSSR count). The van der Waals surface area contributed by atoms with E-state index in [1.165, 1.54) is 0 Å². The van der Waals surface area contributed by atoms with Crippen LogP contribution >= 0.6 is 15.9 Å². The lowest BCUT2D eigenvalue weighted by atomic mass is 9.86. The van der Waals surface area contributed by atoms with E-state index in [0.717, 1.165) is 41.8 Å². The second kappa shape index (κ2) is 7.75. The zero-order valence-corrected chi connectivity index (χ0v) is 15.9. The van der Waals surface area contributed by atoms with Crippen LogP contribution in [-0.4, -0.2) is 44.5 Å². The molecule has 1 aromatic heterocycles. The van der Waals surface area contributed by atoms with E-state index in [0.29, 0.717) is 6.42 Å². The topological polar surface area (TPSA) is 41.3 Å². The summed E-state index contributed by atoms with van der Waals surface area (Å²) in [6, 6.07) is 0. The van der Waals surface area contributed by atoms with Gasteiger partial charge in [-0.15, -0.1) is 0 Å². The predicted octanol–water partition coefficient (Wildman–Crippen LogP) is 3.16. The van der Waals surface area contributed by atoms with Crippen LogP contribution in [0.3, 0.4) is 0 Å². The molecule has 0 aliphatic carbocycles. The Bertz CT molecular complexity index is 457. The fraction of sp³-hybridized carbons (Fsp3) is 0.812. The van der Waals surface area contributed by atoms with Gasteiger partial charge in [-0.25, -0.2) is 0 Å². The van der Waals surface area contributed by atoms with Gasteiger partial charge in [-0.2, -0.15) is 5.10 Å². The van der Waals surface area contributed by atoms with Crippen molar-refractivity contribution in [2.45, 2.75) is 65.5 Å². The summed E-state index contributed by atoms with van der Waals surface area (Å²) in [6.45, 7) is 12.6. The van der Waals surface area contributed by atoms with Crippen molar-refractivity contribution in [2.24, 2.45) is 7.05 Å². The number of rotatable bonds is 8. The minimum absolute atomic E-state index is 0.209. The van der Waals surface area contributed by atoms with Crippen molar-refractivity contribution in [3.05, 3.63) is 15.9 Å². The summed E-state index contributed by atoms with van der Waals surface area (Å²) in [4.78, 5) is 2.35. The summed E-state index contributed by atoms with van der Waals surface area (Å²) < 4.78 is 2.94. The molecule has 0 bridgehead atoms. The van der Waals surface area contributed by atoms with Crippen LogP contribution in [0.1, 0.15) is 52.4 Å². The highest BCUT2D eigenvalue weighted by Crippen LogP contribution is 2.29. The van der Waals surface area contributed by atoms with E-state index in [1.54, 1.807) is 0 Å². The molecule has 1 aromatic rings. The van der Waals surface area contributed by atoms with E-state index in [9.17, 15) is 5.11 Å². The summed E-state index contributed by atoms with van der Waals surface area (Å²) in [5.74, 6) is 0. The number of nitrogens with zero attached hydrogens (tertiary/aromatic N) is 3. The molecule has 0 aliphatic heterocycles. The standard InChI is InChI=1S/C16H30BrN3O/c1-7-12-15(17)13(19(6)18-12)11-14(21)16(5,8-2)20(9-3)10-4/h14,21H,7-11H2,1-6H3. The van der Waals surface area contributed by atoms with Gasteiger partial charge in [0.25, 0.3) is 0 Å². The third kappa shape index (κ3) is 3.69. The van der Waals surface area contributed by atoms with Crippen molar-refractivity contribution in [2.75, 3.05) is 13.1 Å². The second-order valence-corrected chi connectivity index (χ2v) is 6.58. The molecule has 1 N–H and O–H groups in total. The van der Waals surface area contributed by atoms with Gasteiger partial charge < -0.3 is 5.11 Å². The Hall–Kier alpha value is -0.390. The summed E-state index contributed by atoms with van der Waals surface area (Å²) in [5.41, 5.74) is 1.92. The predicted molar refractivity (Wildman–Crippen MR) is 91.6 cm³/mol. The Balaban J connectivity index is 3.03. The molecular formula is C16H30BrN3O. The smallest absolute Gasteiger partial charge is 0.0776 e. The lowest BCUT2D eigenvalue weighted by Crippen LogP contribution is -2.55. The molecule has 0 aliphatic rings. The van der Waals surface area contributed by atoms with Gasteiger partial charge in [0.15, 0.2) is 0 Å². The number of hydrogen-bond acceptors (Lipinski definition) is 3. The van der Waals surface area contributed by atoms with Crippen LogP contribution in [-0.2, 0) is 19.9 Å². The molecule has 0 aromatic carbocycles. The lowest BCUT2D eigenvalue weighted by molar-refractivity contribution is -0.0199. The first-order valence-electron chi connectivity index (χ1n) is 7.98. The highest BCUT2D eigenvalue weighted by molar-refractivity contribution is 9.10. The van der Waals surface area contributed by atoms with E-state index in [-0.39, 0.29) is 5.54 Å². The van der Waals surface area contributed by atoms with E-state index in [2.05, 4.69) is 60.5 Å². The van der Waals surface area contributed by atoms with E-state index >= 15 is 0 Å². The molecule has 21 heavy (non-hydrogen) atoms. The van der Waals surface area contributed by atoms with Crippen molar-refractivity contribution in [1.82, 2.24) is 14.7 Å². The summed E-state index contributed by atoms with van der Waals surface area (Å²) in [6.07, 6.45) is 2.02. The van der Waals surface area contributed by atoms with Crippen molar-refractivity contribution >= 4 is 15.9 Å². The summed E-state index contributed by atoms with van der Waals surface area (Å²) in [5, 5.41) is 15.4. The number of aromatic nitrogens is 2. The van der Waals surface area contributed by atoms with Gasteiger partial charge in [0, 0.05) is 19.0 Å². The van der Waals surface area contributed by atoms with Crippen LogP contribution in [0.2, 0.25) is 0 Å². The van der Waals surface area contributed by atoms with Crippen LogP contribution in [0.15, 0.2) is 4.47 Å². The SMILES string of the molecule is CCc1nn(C)c(CC(O)C(C)(CC)N(CC)CC)c1Br. The summed E-state index contributed by atoms with van der Waals surface area (Å²) >= 11 is 3.64. The van der Waals surface area contributed by atoms with Gasteiger partial charge in [-0.05, 0) is 48.8 Å². The Kier molecular flexibility index (Phi) is 6.88. The molecule has 0 radical (unpaired) electrons. The average Bonchev–Trinajstić information content (AvgIpc) is 2.75. The van der Waals surface area contributed by atoms with Crippen LogP contribution < -0.4 is 0 Å². The molecule has 0 saturated carbocycles. The number of hydrogen-bond donors (Lipinski definition) is 1. The molecule has 0 amide bonds. The number of aliphatic hydroxyl groups is 1. The largest absolute Gasteiger partial charge is 0.391 e. The van der Waals surface area contributed by atoms with E-state index in [4.69, 9.17) is 0 Å². The van der Waals surface area contributed by atoms with Crippen LogP contribution in [0.25, 0.3) is 0 Å². The maximum Gasteiger partial charge on any atom is 0.0776 e. The quantitative estimate of drug-likeness (QED) is 0.774. The molecule has 0 spiro atoms. The molecule has 0 saturated heterocycles. The minimum atomic E-state index is -0.418. The normalized spacial score (nSPS) is 16.2. The monoisotopic (exact) mass is 359 g/mol. The number of aliphatic hydroxyl groups excluding tert-OH is 1. The third-order valence-corrected chi connectivity index (χ3v) is 5.72. The molecule has 2 unspecified atom stereocenters. The van der Waals surface area contributed by atoms with E-state index in [1.807, 2.05) is 11.7 Å². The maximum atomic E-state index is 10.9. The van der Waals surface area contributed by atoms with Crippen molar-refractivity contribution in [1.29, 1.82) is 0 Å². The highest BCUT2D eigenvalue weighted by Gasteiger charge is 2.36. The maximum absolute atomic E-state index is 10.9. The molecule has 5 heteroatoms. The van der Waals surface area contributed by atoms with Crippen LogP contribution in [0.4, 0.5) is 0 Å². The molecule has 2 atom stereocenters. The van der Waals surface area contributed by atoms with Gasteiger partial charge >= 0.3 is 0 Å². The Morgan fingerprint density at radius 1 is 1.29 bits per heavy atom. The Morgan fingerprint density at radius 3 is 2.24 bits per heavy atom. The van der Waals surface area contributed by atoms with Crippen molar-refractivity contribution in [3.8, 4) is 0 Å². The Morgan fingerprint density at radius 2 is 1.86 bits per heavy atom. The zero-order chi connectivity index (χ0) is 16.2. The van der Waals surface area contributed by atoms with E-state index < -0.39 is 6.10 Å². The second-order valence-electron chi connectivity index (χ2n) is 5.79. The molecular weight excluding hydrogens is 330 g/mol. The first kappa shape index (κ1) is 18.7. The fourth-order valence-electron chi connectivity index (χ4n) is 3.06. The molecule has 0 fully saturated rings. The van der Waals surface area contributed by atoms with Crippen molar-refractivity contribution in [3.63, 3.8) is 0 Å². The first-order chi connectivity index (χ1) is 9.85. The van der Waals surface area contributed by atoms with Crippen LogP contribution in [0.5, 0.6) is 0 Å². The van der Waals surface area contributed by atoms with Gasteiger partial charge in [0.05, 0.1) is 22.0 Å². The fourth-order valence-corrected chi connectivity index (χ4v) is 3.84. The first-order valence-corrected chi connectivity index (χ1v) is 8.78. The zero-order valence-electron chi connectivity index (χ0n) is 14.3. The number of aryl methyl sites for hydroxylation is 2. The van der Waals surface area contributed by atoms with Gasteiger partial charge in [-0.3, -0.25) is 9.58 Å². The van der Waals surface area contributed by atoms with Crippen molar-refractivity contribution < 1.29 is 5.11 Å². The number of likely N-dealkylation sites (N-methyl/N-ethyl adjacent to an activating group) is 1. The molecule has 1 heterocycles. The minimum Gasteiger partial charge on any atom is -0.391 e. The highest BCUT2D eigenvalue weighted by atomic mass is 79.9. The molecule has 122 valence electrons. The molecule has 4 nitrogen and oxygen atoms in total. The third-order valence-electron chi connectivity index (χ3n) is 4.81. The van der Waals surface area contributed by atoms with Gasteiger partial charge in [-0.1, -0.05) is 27.7 Å². The lowest BCUT2D eigenvalue weighted by Gasteiger charge is -2.43. The van der Waals surface area contributed by atoms with Crippen LogP contribution in [0, 0.1) is 0 Å². The average molecular weight is 360 g/mol.